The second-order valence-electron chi connectivity index (χ2n) is 4.46. The third-order valence-electron chi connectivity index (χ3n) is 3.11. The molecule has 2 heterocycles. The smallest absolute Gasteiger partial charge is 0.116 e. The fourth-order valence-corrected chi connectivity index (χ4v) is 2.14. The fraction of sp³-hybridized carbons (Fsp3) is 0.235. The largest absolute Gasteiger partial charge is 0.508 e. The predicted octanol–water partition coefficient (Wildman–Crippen LogP) is 4.07. The molecule has 0 amide bonds. The van der Waals surface area contributed by atoms with Gasteiger partial charge in [0.2, 0.25) is 0 Å². The summed E-state index contributed by atoms with van der Waals surface area (Å²) < 4.78 is 0. The zero-order valence-corrected chi connectivity index (χ0v) is 12.8. The minimum absolute atomic E-state index is 0.271. The number of hydrogen-bond donors (Lipinski definition) is 2. The molecule has 0 aromatic carbocycles. The average Bonchev–Trinajstić information content (AvgIpc) is 3.03. The highest BCUT2D eigenvalue weighted by molar-refractivity contribution is 5.78. The Morgan fingerprint density at radius 1 is 1.23 bits per heavy atom. The van der Waals surface area contributed by atoms with E-state index in [0.29, 0.717) is 0 Å². The molecule has 5 nitrogen and oxygen atoms in total. The van der Waals surface area contributed by atoms with Crippen LogP contribution in [0.25, 0.3) is 16.8 Å². The molecule has 0 unspecified atom stereocenters. The minimum Gasteiger partial charge on any atom is -0.508 e. The third-order valence-corrected chi connectivity index (χ3v) is 3.11. The van der Waals surface area contributed by atoms with Gasteiger partial charge in [-0.3, -0.25) is 5.10 Å². The first-order valence-corrected chi connectivity index (χ1v) is 7.39. The first kappa shape index (κ1) is 15.7. The molecule has 0 saturated carbocycles. The van der Waals surface area contributed by atoms with Crippen molar-refractivity contribution in [2.24, 2.45) is 0 Å². The number of aromatic nitrogens is 4. The number of H-pyrrole nitrogens is 1. The Kier molecular flexibility index (Phi) is 5.65. The normalized spacial score (nSPS) is 17.9. The van der Waals surface area contributed by atoms with Crippen LogP contribution in [0, 0.1) is 0 Å². The van der Waals surface area contributed by atoms with Crippen molar-refractivity contribution < 1.29 is 5.11 Å². The molecule has 1 aliphatic carbocycles. The van der Waals surface area contributed by atoms with E-state index in [1.807, 2.05) is 26.0 Å². The summed E-state index contributed by atoms with van der Waals surface area (Å²) in [6.07, 6.45) is 14.1. The number of aromatic amines is 1. The summed E-state index contributed by atoms with van der Waals surface area (Å²) in [7, 11) is 0. The van der Waals surface area contributed by atoms with Gasteiger partial charge in [0.15, 0.2) is 0 Å². The topological polar surface area (TPSA) is 74.7 Å². The summed E-state index contributed by atoms with van der Waals surface area (Å²) in [6, 6.07) is 1.84. The molecule has 22 heavy (non-hydrogen) atoms. The van der Waals surface area contributed by atoms with Crippen LogP contribution in [0.15, 0.2) is 54.9 Å². The van der Waals surface area contributed by atoms with Crippen molar-refractivity contribution in [2.75, 3.05) is 0 Å². The summed E-state index contributed by atoms with van der Waals surface area (Å²) in [5.74, 6) is 0.271. The van der Waals surface area contributed by atoms with Gasteiger partial charge < -0.3 is 5.11 Å². The fourth-order valence-electron chi connectivity index (χ4n) is 2.14. The first-order valence-electron chi connectivity index (χ1n) is 7.39. The second-order valence-corrected chi connectivity index (χ2v) is 4.46. The van der Waals surface area contributed by atoms with E-state index in [4.69, 9.17) is 0 Å². The lowest BCUT2D eigenvalue weighted by molar-refractivity contribution is 0.430. The van der Waals surface area contributed by atoms with Gasteiger partial charge in [0.05, 0.1) is 17.6 Å². The summed E-state index contributed by atoms with van der Waals surface area (Å²) >= 11 is 0. The Morgan fingerprint density at radius 3 is 2.86 bits per heavy atom. The van der Waals surface area contributed by atoms with Gasteiger partial charge in [-0.15, -0.1) is 0 Å². The lowest BCUT2D eigenvalue weighted by atomic mass is 10.0. The van der Waals surface area contributed by atoms with E-state index >= 15 is 0 Å². The molecule has 114 valence electrons. The number of aliphatic hydroxyl groups is 1. The van der Waals surface area contributed by atoms with Gasteiger partial charge in [0, 0.05) is 11.8 Å². The number of nitrogens with zero attached hydrogens (tertiary/aromatic N) is 3. The zero-order chi connectivity index (χ0) is 15.8. The molecule has 2 aromatic rings. The van der Waals surface area contributed by atoms with Crippen molar-refractivity contribution in [3.63, 3.8) is 0 Å². The number of rotatable bonds is 2. The van der Waals surface area contributed by atoms with E-state index < -0.39 is 0 Å². The van der Waals surface area contributed by atoms with E-state index in [-0.39, 0.29) is 5.76 Å². The molecule has 0 bridgehead atoms. The Balaban J connectivity index is 0.000000847. The number of allylic oxidation sites excluding steroid dienone is 5. The van der Waals surface area contributed by atoms with Crippen molar-refractivity contribution in [1.29, 1.82) is 0 Å². The molecule has 1 aliphatic rings. The molecule has 2 aromatic heterocycles. The predicted molar refractivity (Wildman–Crippen MR) is 88.0 cm³/mol. The number of nitrogens with one attached hydrogen (secondary N) is 1. The van der Waals surface area contributed by atoms with Crippen LogP contribution in [0.5, 0.6) is 0 Å². The molecule has 0 aliphatic heterocycles. The molecule has 0 saturated heterocycles. The number of hydrogen-bond acceptors (Lipinski definition) is 4. The van der Waals surface area contributed by atoms with Crippen LogP contribution in [-0.2, 0) is 0 Å². The second kappa shape index (κ2) is 7.93. The van der Waals surface area contributed by atoms with Gasteiger partial charge in [-0.2, -0.15) is 5.10 Å². The van der Waals surface area contributed by atoms with Gasteiger partial charge >= 0.3 is 0 Å². The SMILES string of the molecule is CC.OC1=CC/C=C\C/C(c2[nH]ncc2-c2ccncn2)=C\1. The van der Waals surface area contributed by atoms with Gasteiger partial charge in [0.25, 0.3) is 0 Å². The van der Waals surface area contributed by atoms with Crippen molar-refractivity contribution in [3.8, 4) is 11.3 Å². The highest BCUT2D eigenvalue weighted by Crippen LogP contribution is 2.28. The molecular formula is C17H20N4O. The van der Waals surface area contributed by atoms with E-state index in [2.05, 4.69) is 26.2 Å². The van der Waals surface area contributed by atoms with Crippen molar-refractivity contribution >= 4 is 5.57 Å². The standard InChI is InChI=1S/C15H14N4O.C2H6/c20-12-5-3-1-2-4-11(8-12)15-13(9-18-19-15)14-6-7-16-10-17-14;1-2/h1-2,5-10,20H,3-4H2,(H,18,19);1-2H3/b2-1-,11-8+,12-5?;. The summed E-state index contributed by atoms with van der Waals surface area (Å²) in [5.41, 5.74) is 3.55. The zero-order valence-electron chi connectivity index (χ0n) is 12.8. The maximum Gasteiger partial charge on any atom is 0.116 e. The van der Waals surface area contributed by atoms with Crippen LogP contribution in [0.2, 0.25) is 0 Å². The summed E-state index contributed by atoms with van der Waals surface area (Å²) in [6.45, 7) is 4.00. The van der Waals surface area contributed by atoms with E-state index in [1.54, 1.807) is 24.5 Å². The average molecular weight is 296 g/mol. The van der Waals surface area contributed by atoms with Crippen LogP contribution < -0.4 is 0 Å². The van der Waals surface area contributed by atoms with Crippen molar-refractivity contribution in [2.45, 2.75) is 26.7 Å². The molecule has 3 rings (SSSR count). The van der Waals surface area contributed by atoms with Gasteiger partial charge in [-0.25, -0.2) is 9.97 Å². The molecule has 0 spiro atoms. The van der Waals surface area contributed by atoms with E-state index in [9.17, 15) is 5.11 Å². The van der Waals surface area contributed by atoms with E-state index in [0.717, 1.165) is 35.4 Å². The summed E-state index contributed by atoms with van der Waals surface area (Å²) in [4.78, 5) is 8.16. The van der Waals surface area contributed by atoms with Crippen LogP contribution >= 0.6 is 0 Å². The monoisotopic (exact) mass is 296 g/mol. The molecule has 2 N–H and O–H groups in total. The maximum atomic E-state index is 9.84. The van der Waals surface area contributed by atoms with Crippen LogP contribution in [0.3, 0.4) is 0 Å². The lowest BCUT2D eigenvalue weighted by Crippen LogP contribution is -1.92. The van der Waals surface area contributed by atoms with Crippen molar-refractivity contribution in [3.05, 3.63) is 60.5 Å². The molecule has 5 heteroatoms. The van der Waals surface area contributed by atoms with Crippen LogP contribution in [-0.4, -0.2) is 25.3 Å². The van der Waals surface area contributed by atoms with Gasteiger partial charge in [-0.1, -0.05) is 26.0 Å². The van der Waals surface area contributed by atoms with Crippen LogP contribution in [0.1, 0.15) is 32.4 Å². The lowest BCUT2D eigenvalue weighted by Gasteiger charge is -2.07. The Hall–Kier alpha value is -2.69. The Labute approximate surface area is 130 Å². The highest BCUT2D eigenvalue weighted by Gasteiger charge is 2.13. The van der Waals surface area contributed by atoms with E-state index in [1.165, 1.54) is 6.33 Å². The Bertz CT molecular complexity index is 684. The molecule has 0 fully saturated rings. The molecular weight excluding hydrogens is 276 g/mol. The van der Waals surface area contributed by atoms with Crippen LogP contribution in [0.4, 0.5) is 0 Å². The quantitative estimate of drug-likeness (QED) is 0.819. The van der Waals surface area contributed by atoms with Crippen molar-refractivity contribution in [1.82, 2.24) is 20.2 Å². The maximum absolute atomic E-state index is 9.84. The third kappa shape index (κ3) is 3.69. The number of aliphatic hydroxyl groups excluding tert-OH is 1. The van der Waals surface area contributed by atoms with Gasteiger partial charge in [-0.05, 0) is 36.6 Å². The van der Waals surface area contributed by atoms with Gasteiger partial charge in [0.1, 0.15) is 12.1 Å². The highest BCUT2D eigenvalue weighted by atomic mass is 16.3. The minimum atomic E-state index is 0.271. The molecule has 0 atom stereocenters. The first-order chi connectivity index (χ1) is 10.8. The Morgan fingerprint density at radius 2 is 2.09 bits per heavy atom. The molecule has 0 radical (unpaired) electrons. The summed E-state index contributed by atoms with van der Waals surface area (Å²) in [5, 5.41) is 16.9.